The summed E-state index contributed by atoms with van der Waals surface area (Å²) in [5.41, 5.74) is 1.05. The number of nitrogens with one attached hydrogen (secondary N) is 1. The minimum atomic E-state index is -0.359. The smallest absolute Gasteiger partial charge is 0.274 e. The predicted octanol–water partition coefficient (Wildman–Crippen LogP) is 2.21. The maximum absolute atomic E-state index is 11.9. The van der Waals surface area contributed by atoms with Crippen LogP contribution in [0.25, 0.3) is 0 Å². The molecular weight excluding hydrogens is 242 g/mol. The molecule has 5 heteroatoms. The zero-order valence-electron chi connectivity index (χ0n) is 10.3. The van der Waals surface area contributed by atoms with E-state index in [-0.39, 0.29) is 17.3 Å². The highest BCUT2D eigenvalue weighted by Gasteiger charge is 2.08. The van der Waals surface area contributed by atoms with Gasteiger partial charge in [-0.3, -0.25) is 4.79 Å². The van der Waals surface area contributed by atoms with E-state index in [9.17, 15) is 4.79 Å². The number of methoxy groups -OCH3 is 1. The molecule has 0 spiro atoms. The van der Waals surface area contributed by atoms with Crippen LogP contribution in [0.1, 0.15) is 16.2 Å². The van der Waals surface area contributed by atoms with Crippen molar-refractivity contribution >= 4 is 11.6 Å². The minimum absolute atomic E-state index is 0.204. The third kappa shape index (κ3) is 3.07. The van der Waals surface area contributed by atoms with Gasteiger partial charge in [0.05, 0.1) is 7.11 Å². The van der Waals surface area contributed by atoms with E-state index in [1.807, 2.05) is 6.07 Å². The first-order valence-electron chi connectivity index (χ1n) is 5.55. The molecule has 0 aliphatic heterocycles. The van der Waals surface area contributed by atoms with Crippen molar-refractivity contribution < 1.29 is 9.53 Å². The summed E-state index contributed by atoms with van der Waals surface area (Å²) in [6, 6.07) is 13.6. The predicted molar refractivity (Wildman–Crippen MR) is 69.9 cm³/mol. The number of rotatable bonds is 3. The standard InChI is InChI=1S/C14H11N3O2/c1-19-12-7-5-10(6-8-12)17-14(18)13-4-2-3-11(9-15)16-13/h2-8H,1H3,(H,17,18). The van der Waals surface area contributed by atoms with Crippen LogP contribution >= 0.6 is 0 Å². The van der Waals surface area contributed by atoms with Gasteiger partial charge in [0.25, 0.3) is 5.91 Å². The van der Waals surface area contributed by atoms with Crippen molar-refractivity contribution in [1.29, 1.82) is 5.26 Å². The molecular formula is C14H11N3O2. The van der Waals surface area contributed by atoms with E-state index in [1.54, 1.807) is 49.6 Å². The monoisotopic (exact) mass is 253 g/mol. The topological polar surface area (TPSA) is 75.0 Å². The fourth-order valence-electron chi connectivity index (χ4n) is 1.49. The first-order valence-corrected chi connectivity index (χ1v) is 5.55. The average Bonchev–Trinajstić information content (AvgIpc) is 2.48. The van der Waals surface area contributed by atoms with Crippen LogP contribution in [0.3, 0.4) is 0 Å². The Hall–Kier alpha value is -2.87. The van der Waals surface area contributed by atoms with Gasteiger partial charge in [-0.1, -0.05) is 6.07 Å². The Morgan fingerprint density at radius 1 is 1.26 bits per heavy atom. The van der Waals surface area contributed by atoms with Crippen LogP contribution in [0, 0.1) is 11.3 Å². The molecule has 0 unspecified atom stereocenters. The third-order valence-corrected chi connectivity index (χ3v) is 2.44. The van der Waals surface area contributed by atoms with Crippen LogP contribution in [0.2, 0.25) is 0 Å². The maximum Gasteiger partial charge on any atom is 0.274 e. The highest BCUT2D eigenvalue weighted by Crippen LogP contribution is 2.15. The number of aromatic nitrogens is 1. The lowest BCUT2D eigenvalue weighted by molar-refractivity contribution is 0.102. The van der Waals surface area contributed by atoms with Gasteiger partial charge in [-0.05, 0) is 36.4 Å². The molecule has 2 aromatic rings. The van der Waals surface area contributed by atoms with Crippen LogP contribution in [0.4, 0.5) is 5.69 Å². The molecule has 0 aliphatic rings. The summed E-state index contributed by atoms with van der Waals surface area (Å²) in [6.45, 7) is 0. The van der Waals surface area contributed by atoms with Gasteiger partial charge in [-0.15, -0.1) is 0 Å². The number of anilines is 1. The molecule has 2 rings (SSSR count). The summed E-state index contributed by atoms with van der Waals surface area (Å²) in [6.07, 6.45) is 0. The lowest BCUT2D eigenvalue weighted by Gasteiger charge is -2.05. The SMILES string of the molecule is COc1ccc(NC(=O)c2cccc(C#N)n2)cc1. The van der Waals surface area contributed by atoms with Crippen LogP contribution in [0.15, 0.2) is 42.5 Å². The molecule has 19 heavy (non-hydrogen) atoms. The third-order valence-electron chi connectivity index (χ3n) is 2.44. The number of pyridine rings is 1. The van der Waals surface area contributed by atoms with E-state index >= 15 is 0 Å². The zero-order valence-corrected chi connectivity index (χ0v) is 10.3. The van der Waals surface area contributed by atoms with Gasteiger partial charge in [0.2, 0.25) is 0 Å². The molecule has 0 aliphatic carbocycles. The fourth-order valence-corrected chi connectivity index (χ4v) is 1.49. The van der Waals surface area contributed by atoms with Gasteiger partial charge in [0.15, 0.2) is 0 Å². The van der Waals surface area contributed by atoms with Gasteiger partial charge < -0.3 is 10.1 Å². The van der Waals surface area contributed by atoms with Crippen LogP contribution in [-0.2, 0) is 0 Å². The van der Waals surface area contributed by atoms with Gasteiger partial charge in [-0.25, -0.2) is 4.98 Å². The highest BCUT2D eigenvalue weighted by atomic mass is 16.5. The van der Waals surface area contributed by atoms with Gasteiger partial charge in [0, 0.05) is 5.69 Å². The molecule has 94 valence electrons. The quantitative estimate of drug-likeness (QED) is 0.910. The van der Waals surface area contributed by atoms with Crippen molar-refractivity contribution in [2.75, 3.05) is 12.4 Å². The van der Waals surface area contributed by atoms with Crippen LogP contribution < -0.4 is 10.1 Å². The lowest BCUT2D eigenvalue weighted by Crippen LogP contribution is -2.13. The van der Waals surface area contributed by atoms with Crippen molar-refractivity contribution in [3.63, 3.8) is 0 Å². The average molecular weight is 253 g/mol. The van der Waals surface area contributed by atoms with E-state index in [2.05, 4.69) is 10.3 Å². The summed E-state index contributed by atoms with van der Waals surface area (Å²) in [5.74, 6) is 0.352. The summed E-state index contributed by atoms with van der Waals surface area (Å²) in [7, 11) is 1.57. The number of nitriles is 1. The molecule has 0 atom stereocenters. The molecule has 1 amide bonds. The van der Waals surface area contributed by atoms with E-state index in [4.69, 9.17) is 10.00 Å². The number of benzene rings is 1. The van der Waals surface area contributed by atoms with Gasteiger partial charge >= 0.3 is 0 Å². The van der Waals surface area contributed by atoms with Crippen LogP contribution in [-0.4, -0.2) is 18.0 Å². The molecule has 1 heterocycles. The van der Waals surface area contributed by atoms with Crippen molar-refractivity contribution in [1.82, 2.24) is 4.98 Å². The summed E-state index contributed by atoms with van der Waals surface area (Å²) in [4.78, 5) is 15.8. The van der Waals surface area contributed by atoms with Crippen molar-refractivity contribution in [3.05, 3.63) is 53.9 Å². The molecule has 0 radical (unpaired) electrons. The van der Waals surface area contributed by atoms with Crippen molar-refractivity contribution in [2.24, 2.45) is 0 Å². The second kappa shape index (κ2) is 5.65. The molecule has 0 bridgehead atoms. The largest absolute Gasteiger partial charge is 0.497 e. The molecule has 1 N–H and O–H groups in total. The summed E-state index contributed by atoms with van der Waals surface area (Å²) >= 11 is 0. The molecule has 1 aromatic heterocycles. The number of ether oxygens (including phenoxy) is 1. The summed E-state index contributed by atoms with van der Waals surface area (Å²) in [5, 5.41) is 11.4. The number of carbonyl (C=O) groups is 1. The molecule has 1 aromatic carbocycles. The number of nitrogens with zero attached hydrogens (tertiary/aromatic N) is 2. The second-order valence-electron chi connectivity index (χ2n) is 3.70. The fraction of sp³-hybridized carbons (Fsp3) is 0.0714. The summed E-state index contributed by atoms with van der Waals surface area (Å²) < 4.78 is 5.03. The number of carbonyl (C=O) groups excluding carboxylic acids is 1. The highest BCUT2D eigenvalue weighted by molar-refractivity contribution is 6.02. The Morgan fingerprint density at radius 2 is 2.00 bits per heavy atom. The Kier molecular flexibility index (Phi) is 3.74. The van der Waals surface area contributed by atoms with E-state index in [0.717, 1.165) is 0 Å². The normalized spacial score (nSPS) is 9.47. The zero-order chi connectivity index (χ0) is 13.7. The van der Waals surface area contributed by atoms with Gasteiger partial charge in [-0.2, -0.15) is 5.26 Å². The van der Waals surface area contributed by atoms with Gasteiger partial charge in [0.1, 0.15) is 23.2 Å². The van der Waals surface area contributed by atoms with E-state index in [0.29, 0.717) is 11.4 Å². The first-order chi connectivity index (χ1) is 9.22. The molecule has 5 nitrogen and oxygen atoms in total. The van der Waals surface area contributed by atoms with Crippen molar-refractivity contribution in [2.45, 2.75) is 0 Å². The van der Waals surface area contributed by atoms with Crippen molar-refractivity contribution in [3.8, 4) is 11.8 Å². The number of hydrogen-bond donors (Lipinski definition) is 1. The minimum Gasteiger partial charge on any atom is -0.497 e. The Balaban J connectivity index is 2.13. The number of amides is 1. The van der Waals surface area contributed by atoms with E-state index < -0.39 is 0 Å². The Bertz CT molecular complexity index is 630. The molecule has 0 saturated heterocycles. The maximum atomic E-state index is 11.9. The molecule has 0 saturated carbocycles. The second-order valence-corrected chi connectivity index (χ2v) is 3.70. The first kappa shape index (κ1) is 12.6. The van der Waals surface area contributed by atoms with E-state index in [1.165, 1.54) is 0 Å². The molecule has 0 fully saturated rings. The Labute approximate surface area is 110 Å². The Morgan fingerprint density at radius 3 is 2.63 bits per heavy atom. The van der Waals surface area contributed by atoms with Crippen LogP contribution in [0.5, 0.6) is 5.75 Å². The lowest BCUT2D eigenvalue weighted by atomic mass is 10.2. The number of hydrogen-bond acceptors (Lipinski definition) is 4.